The van der Waals surface area contributed by atoms with Gasteiger partial charge >= 0.3 is 0 Å². The van der Waals surface area contributed by atoms with Crippen molar-refractivity contribution in [1.82, 2.24) is 30.0 Å². The van der Waals surface area contributed by atoms with Gasteiger partial charge in [-0.3, -0.25) is 19.8 Å². The van der Waals surface area contributed by atoms with Crippen LogP contribution in [0.15, 0.2) is 36.4 Å². The van der Waals surface area contributed by atoms with E-state index in [-0.39, 0.29) is 22.2 Å². The van der Waals surface area contributed by atoms with Crippen molar-refractivity contribution >= 4 is 23.2 Å². The zero-order chi connectivity index (χ0) is 22.8. The average Bonchev–Trinajstić information content (AvgIpc) is 3.24. The standard InChI is InChI=1S/C19H16ClF2N7O3/c20-14-3-1-12(9-17(14)29(31)32)19(30)27-7-5-26(6-8-27)11-18-23-24-25-28(18)13-2-4-15(21)16(22)10-13/h1-4,9-10H,5-8,11H2. The Labute approximate surface area is 185 Å². The van der Waals surface area contributed by atoms with Crippen molar-refractivity contribution in [3.8, 4) is 5.69 Å². The van der Waals surface area contributed by atoms with Gasteiger partial charge in [0.25, 0.3) is 11.6 Å². The number of halogens is 3. The van der Waals surface area contributed by atoms with E-state index in [9.17, 15) is 23.7 Å². The van der Waals surface area contributed by atoms with Gasteiger partial charge in [-0.15, -0.1) is 5.10 Å². The smallest absolute Gasteiger partial charge is 0.288 e. The van der Waals surface area contributed by atoms with Crippen LogP contribution in [0.2, 0.25) is 5.02 Å². The largest absolute Gasteiger partial charge is 0.336 e. The molecule has 1 fully saturated rings. The Morgan fingerprint density at radius 1 is 1.09 bits per heavy atom. The maximum Gasteiger partial charge on any atom is 0.288 e. The zero-order valence-electron chi connectivity index (χ0n) is 16.5. The van der Waals surface area contributed by atoms with Crippen molar-refractivity contribution in [1.29, 1.82) is 0 Å². The molecule has 166 valence electrons. The molecular weight excluding hydrogens is 448 g/mol. The van der Waals surface area contributed by atoms with Crippen molar-refractivity contribution < 1.29 is 18.5 Å². The number of piperazine rings is 1. The summed E-state index contributed by atoms with van der Waals surface area (Å²) in [5, 5.41) is 22.5. The molecule has 0 bridgehead atoms. The fourth-order valence-electron chi connectivity index (χ4n) is 3.40. The Morgan fingerprint density at radius 3 is 2.53 bits per heavy atom. The maximum atomic E-state index is 13.6. The van der Waals surface area contributed by atoms with Gasteiger partial charge in [-0.05, 0) is 34.7 Å². The number of hydrogen-bond donors (Lipinski definition) is 0. The van der Waals surface area contributed by atoms with Gasteiger partial charge in [0.2, 0.25) is 0 Å². The Hall–Kier alpha value is -3.51. The van der Waals surface area contributed by atoms with Crippen LogP contribution in [0.3, 0.4) is 0 Å². The van der Waals surface area contributed by atoms with E-state index in [0.717, 1.165) is 12.1 Å². The Kier molecular flexibility index (Phi) is 6.06. The highest BCUT2D eigenvalue weighted by Gasteiger charge is 2.25. The van der Waals surface area contributed by atoms with E-state index in [0.29, 0.717) is 44.2 Å². The van der Waals surface area contributed by atoms with Gasteiger partial charge in [-0.25, -0.2) is 8.78 Å². The van der Waals surface area contributed by atoms with E-state index in [4.69, 9.17) is 11.6 Å². The third-order valence-electron chi connectivity index (χ3n) is 5.10. The van der Waals surface area contributed by atoms with Crippen molar-refractivity contribution in [3.05, 3.63) is 74.6 Å². The molecule has 0 N–H and O–H groups in total. The molecule has 0 unspecified atom stereocenters. The molecule has 2 heterocycles. The van der Waals surface area contributed by atoms with Crippen LogP contribution >= 0.6 is 11.6 Å². The molecule has 0 radical (unpaired) electrons. The van der Waals surface area contributed by atoms with E-state index in [1.807, 2.05) is 4.90 Å². The van der Waals surface area contributed by atoms with Crippen LogP contribution in [0, 0.1) is 21.7 Å². The minimum absolute atomic E-state index is 0.0323. The van der Waals surface area contributed by atoms with E-state index >= 15 is 0 Å². The lowest BCUT2D eigenvalue weighted by Gasteiger charge is -2.34. The molecule has 0 spiro atoms. The highest BCUT2D eigenvalue weighted by Crippen LogP contribution is 2.26. The van der Waals surface area contributed by atoms with Gasteiger partial charge in [-0.1, -0.05) is 11.6 Å². The summed E-state index contributed by atoms with van der Waals surface area (Å²) in [4.78, 5) is 26.8. The maximum absolute atomic E-state index is 13.6. The van der Waals surface area contributed by atoms with Crippen LogP contribution in [-0.2, 0) is 6.54 Å². The highest BCUT2D eigenvalue weighted by molar-refractivity contribution is 6.32. The lowest BCUT2D eigenvalue weighted by molar-refractivity contribution is -0.384. The molecule has 0 saturated carbocycles. The van der Waals surface area contributed by atoms with Gasteiger partial charge in [-0.2, -0.15) is 4.68 Å². The summed E-state index contributed by atoms with van der Waals surface area (Å²) in [5.41, 5.74) is 0.166. The van der Waals surface area contributed by atoms with E-state index < -0.39 is 16.6 Å². The van der Waals surface area contributed by atoms with Crippen molar-refractivity contribution in [3.63, 3.8) is 0 Å². The SMILES string of the molecule is O=C(c1ccc(Cl)c([N+](=O)[O-])c1)N1CCN(Cc2nnnn2-c2ccc(F)c(F)c2)CC1. The van der Waals surface area contributed by atoms with Gasteiger partial charge in [0.05, 0.1) is 17.2 Å². The summed E-state index contributed by atoms with van der Waals surface area (Å²) < 4.78 is 28.1. The van der Waals surface area contributed by atoms with Crippen LogP contribution in [0.25, 0.3) is 5.69 Å². The lowest BCUT2D eigenvalue weighted by atomic mass is 10.1. The molecule has 2 aromatic carbocycles. The number of amides is 1. The number of nitro groups is 1. The molecule has 0 atom stereocenters. The topological polar surface area (TPSA) is 110 Å². The monoisotopic (exact) mass is 463 g/mol. The number of carbonyl (C=O) groups is 1. The third kappa shape index (κ3) is 4.41. The summed E-state index contributed by atoms with van der Waals surface area (Å²) in [7, 11) is 0. The fraction of sp³-hybridized carbons (Fsp3) is 0.263. The Morgan fingerprint density at radius 2 is 1.84 bits per heavy atom. The molecule has 1 aromatic heterocycles. The molecule has 3 aromatic rings. The van der Waals surface area contributed by atoms with Gasteiger partial charge < -0.3 is 4.90 Å². The van der Waals surface area contributed by atoms with E-state index in [1.165, 1.54) is 28.9 Å². The number of tetrazole rings is 1. The number of carbonyl (C=O) groups excluding carboxylic acids is 1. The highest BCUT2D eigenvalue weighted by atomic mass is 35.5. The normalized spacial score (nSPS) is 14.5. The minimum atomic E-state index is -1.00. The second-order valence-electron chi connectivity index (χ2n) is 7.10. The summed E-state index contributed by atoms with van der Waals surface area (Å²) >= 11 is 5.81. The first-order valence-corrected chi connectivity index (χ1v) is 9.89. The Balaban J connectivity index is 1.40. The molecule has 1 amide bonds. The van der Waals surface area contributed by atoms with Crippen LogP contribution in [0.4, 0.5) is 14.5 Å². The number of rotatable bonds is 5. The summed E-state index contributed by atoms with van der Waals surface area (Å²) in [6, 6.07) is 7.35. The number of nitro benzene ring substituents is 1. The van der Waals surface area contributed by atoms with Gasteiger partial charge in [0.1, 0.15) is 5.02 Å². The molecule has 4 rings (SSSR count). The second kappa shape index (κ2) is 8.93. The average molecular weight is 464 g/mol. The molecule has 1 aliphatic rings. The molecular formula is C19H16ClF2N7O3. The molecule has 32 heavy (non-hydrogen) atoms. The summed E-state index contributed by atoms with van der Waals surface area (Å²) in [6.45, 7) is 2.13. The van der Waals surface area contributed by atoms with E-state index in [1.54, 1.807) is 4.90 Å². The lowest BCUT2D eigenvalue weighted by Crippen LogP contribution is -2.48. The second-order valence-corrected chi connectivity index (χ2v) is 7.50. The zero-order valence-corrected chi connectivity index (χ0v) is 17.2. The first kappa shape index (κ1) is 21.7. The van der Waals surface area contributed by atoms with Gasteiger partial charge in [0.15, 0.2) is 17.5 Å². The quantitative estimate of drug-likeness (QED) is 0.422. The fourth-order valence-corrected chi connectivity index (χ4v) is 3.59. The molecule has 1 saturated heterocycles. The third-order valence-corrected chi connectivity index (χ3v) is 5.42. The number of benzene rings is 2. The van der Waals surface area contributed by atoms with Crippen molar-refractivity contribution in [2.45, 2.75) is 6.54 Å². The van der Waals surface area contributed by atoms with Crippen LogP contribution in [0.1, 0.15) is 16.2 Å². The van der Waals surface area contributed by atoms with Crippen LogP contribution < -0.4 is 0 Å². The first-order chi connectivity index (χ1) is 15.3. The van der Waals surface area contributed by atoms with E-state index in [2.05, 4.69) is 15.5 Å². The molecule has 1 aliphatic heterocycles. The predicted molar refractivity (Wildman–Crippen MR) is 108 cm³/mol. The van der Waals surface area contributed by atoms with Crippen molar-refractivity contribution in [2.24, 2.45) is 0 Å². The Bertz CT molecular complexity index is 1180. The summed E-state index contributed by atoms with van der Waals surface area (Å²) in [5.74, 6) is -1.85. The molecule has 0 aliphatic carbocycles. The van der Waals surface area contributed by atoms with Crippen molar-refractivity contribution in [2.75, 3.05) is 26.2 Å². The summed E-state index contributed by atoms with van der Waals surface area (Å²) in [6.07, 6.45) is 0. The molecule has 13 heteroatoms. The van der Waals surface area contributed by atoms with Crippen LogP contribution in [0.5, 0.6) is 0 Å². The number of hydrogen-bond acceptors (Lipinski definition) is 7. The van der Waals surface area contributed by atoms with Gasteiger partial charge in [0, 0.05) is 43.9 Å². The first-order valence-electron chi connectivity index (χ1n) is 9.52. The number of nitrogens with zero attached hydrogens (tertiary/aromatic N) is 7. The minimum Gasteiger partial charge on any atom is -0.336 e. The molecule has 10 nitrogen and oxygen atoms in total. The number of aromatic nitrogens is 4. The van der Waals surface area contributed by atoms with Crippen LogP contribution in [-0.4, -0.2) is 67.0 Å². The predicted octanol–water partition coefficient (Wildman–Crippen LogP) is 2.46.